The van der Waals surface area contributed by atoms with Gasteiger partial charge in [0.15, 0.2) is 0 Å². The molecule has 102 valence electrons. The highest BCUT2D eigenvalue weighted by molar-refractivity contribution is 7.98. The Morgan fingerprint density at radius 3 is 1.15 bits per heavy atom. The van der Waals surface area contributed by atoms with Gasteiger partial charge in [-0.1, -0.05) is 48.5 Å². The smallest absolute Gasteiger partial charge is 0.0194 e. The number of thioether (sulfide) groups is 2. The first-order valence-electron chi connectivity index (χ1n) is 6.76. The molecule has 0 aromatic heterocycles. The lowest BCUT2D eigenvalue weighted by atomic mass is 9.93. The summed E-state index contributed by atoms with van der Waals surface area (Å²) in [5.41, 5.74) is 2.96. The first-order chi connectivity index (χ1) is 9.86. The average molecular weight is 298 g/mol. The molecule has 0 fully saturated rings. The summed E-state index contributed by atoms with van der Waals surface area (Å²) >= 11 is 3.80. The summed E-state index contributed by atoms with van der Waals surface area (Å²) < 4.78 is 0. The van der Waals surface area contributed by atoms with Crippen LogP contribution in [-0.4, -0.2) is 12.5 Å². The molecule has 3 aromatic rings. The molecule has 0 nitrogen and oxygen atoms in total. The van der Waals surface area contributed by atoms with Crippen molar-refractivity contribution in [2.75, 3.05) is 12.5 Å². The molecular weight excluding hydrogens is 280 g/mol. The molecule has 0 heterocycles. The monoisotopic (exact) mass is 298 g/mol. The van der Waals surface area contributed by atoms with E-state index in [9.17, 15) is 0 Å². The number of rotatable bonds is 4. The van der Waals surface area contributed by atoms with Gasteiger partial charge in [-0.05, 0) is 45.2 Å². The van der Waals surface area contributed by atoms with E-state index < -0.39 is 0 Å². The first kappa shape index (κ1) is 13.8. The maximum Gasteiger partial charge on any atom is 0.0194 e. The van der Waals surface area contributed by atoms with E-state index in [2.05, 4.69) is 61.0 Å². The maximum atomic E-state index is 2.27. The minimum Gasteiger partial charge on any atom is -0.161 e. The van der Waals surface area contributed by atoms with Gasteiger partial charge in [-0.25, -0.2) is 0 Å². The Bertz CT molecular complexity index is 626. The van der Waals surface area contributed by atoms with Crippen molar-refractivity contribution in [1.82, 2.24) is 0 Å². The van der Waals surface area contributed by atoms with E-state index in [0.717, 1.165) is 11.5 Å². The highest BCUT2D eigenvalue weighted by Gasteiger charge is 2.12. The summed E-state index contributed by atoms with van der Waals surface area (Å²) in [5.74, 6) is 2.14. The molecule has 0 aliphatic carbocycles. The predicted molar refractivity (Wildman–Crippen MR) is 95.9 cm³/mol. The molecule has 0 saturated heterocycles. The van der Waals surface area contributed by atoms with E-state index in [0.29, 0.717) is 0 Å². The van der Waals surface area contributed by atoms with Gasteiger partial charge in [-0.15, -0.1) is 0 Å². The van der Waals surface area contributed by atoms with E-state index in [-0.39, 0.29) is 0 Å². The molecular formula is C18H18S2. The Morgan fingerprint density at radius 2 is 0.900 bits per heavy atom. The number of benzene rings is 3. The maximum absolute atomic E-state index is 2.27. The molecule has 0 atom stereocenters. The second-order valence-corrected chi connectivity index (χ2v) is 6.65. The van der Waals surface area contributed by atoms with Crippen LogP contribution in [0.15, 0.2) is 48.5 Å². The van der Waals surface area contributed by atoms with Crippen molar-refractivity contribution < 1.29 is 0 Å². The minimum absolute atomic E-state index is 1.07. The highest BCUT2D eigenvalue weighted by Crippen LogP contribution is 2.35. The van der Waals surface area contributed by atoms with Crippen LogP contribution in [0.4, 0.5) is 0 Å². The van der Waals surface area contributed by atoms with E-state index in [1.165, 1.54) is 32.7 Å². The van der Waals surface area contributed by atoms with Crippen LogP contribution in [-0.2, 0) is 11.5 Å². The number of hydrogen-bond acceptors (Lipinski definition) is 2. The van der Waals surface area contributed by atoms with Crippen molar-refractivity contribution in [3.05, 3.63) is 59.7 Å². The molecule has 3 aromatic carbocycles. The molecule has 0 saturated carbocycles. The Kier molecular flexibility index (Phi) is 4.23. The molecule has 20 heavy (non-hydrogen) atoms. The van der Waals surface area contributed by atoms with E-state index in [1.54, 1.807) is 0 Å². The number of hydrogen-bond donors (Lipinski definition) is 0. The molecule has 0 N–H and O–H groups in total. The van der Waals surface area contributed by atoms with Crippen LogP contribution in [0.25, 0.3) is 21.5 Å². The normalized spacial score (nSPS) is 11.3. The van der Waals surface area contributed by atoms with Crippen molar-refractivity contribution >= 4 is 45.1 Å². The third-order valence-corrected chi connectivity index (χ3v) is 4.89. The van der Waals surface area contributed by atoms with Gasteiger partial charge < -0.3 is 0 Å². The molecule has 0 unspecified atom stereocenters. The third-order valence-electron chi connectivity index (χ3n) is 3.73. The summed E-state index contributed by atoms with van der Waals surface area (Å²) in [5, 5.41) is 5.68. The van der Waals surface area contributed by atoms with Crippen LogP contribution < -0.4 is 0 Å². The SMILES string of the molecule is CSCc1c2ccccc2c(CSC)c2ccccc12. The number of fused-ring (bicyclic) bond motifs is 2. The van der Waals surface area contributed by atoms with Crippen LogP contribution in [0.5, 0.6) is 0 Å². The lowest BCUT2D eigenvalue weighted by Crippen LogP contribution is -1.93. The zero-order chi connectivity index (χ0) is 13.9. The van der Waals surface area contributed by atoms with Crippen molar-refractivity contribution in [2.45, 2.75) is 11.5 Å². The van der Waals surface area contributed by atoms with Crippen molar-refractivity contribution in [3.8, 4) is 0 Å². The summed E-state index contributed by atoms with van der Waals surface area (Å²) in [6.07, 6.45) is 4.36. The summed E-state index contributed by atoms with van der Waals surface area (Å²) in [6.45, 7) is 0. The first-order valence-corrected chi connectivity index (χ1v) is 9.54. The van der Waals surface area contributed by atoms with E-state index in [4.69, 9.17) is 0 Å². The minimum atomic E-state index is 1.07. The topological polar surface area (TPSA) is 0 Å². The lowest BCUT2D eigenvalue weighted by molar-refractivity contribution is 1.46. The standard InChI is InChI=1S/C18H18S2/c1-19-11-17-13-7-3-5-9-15(13)18(12-20-2)16-10-6-4-8-14(16)17/h3-10H,11-12H2,1-2H3. The zero-order valence-electron chi connectivity index (χ0n) is 11.8. The fourth-order valence-electron chi connectivity index (χ4n) is 2.91. The van der Waals surface area contributed by atoms with Crippen molar-refractivity contribution in [1.29, 1.82) is 0 Å². The molecule has 3 rings (SSSR count). The van der Waals surface area contributed by atoms with E-state index in [1.807, 2.05) is 23.5 Å². The predicted octanol–water partition coefficient (Wildman–Crippen LogP) is 5.72. The van der Waals surface area contributed by atoms with Crippen LogP contribution in [0, 0.1) is 0 Å². The van der Waals surface area contributed by atoms with Gasteiger partial charge in [0, 0.05) is 11.5 Å². The zero-order valence-corrected chi connectivity index (χ0v) is 13.5. The highest BCUT2D eigenvalue weighted by atomic mass is 32.2. The summed E-state index contributed by atoms with van der Waals surface area (Å²) in [7, 11) is 0. The van der Waals surface area contributed by atoms with Gasteiger partial charge in [-0.2, -0.15) is 23.5 Å². The second-order valence-electron chi connectivity index (χ2n) is 4.91. The van der Waals surface area contributed by atoms with Gasteiger partial charge >= 0.3 is 0 Å². The van der Waals surface area contributed by atoms with Gasteiger partial charge in [0.1, 0.15) is 0 Å². The van der Waals surface area contributed by atoms with Gasteiger partial charge in [0.2, 0.25) is 0 Å². The van der Waals surface area contributed by atoms with Crippen LogP contribution >= 0.6 is 23.5 Å². The Hall–Kier alpha value is -1.12. The Morgan fingerprint density at radius 1 is 0.600 bits per heavy atom. The largest absolute Gasteiger partial charge is 0.161 e. The van der Waals surface area contributed by atoms with Crippen molar-refractivity contribution in [2.24, 2.45) is 0 Å². The van der Waals surface area contributed by atoms with Crippen LogP contribution in [0.1, 0.15) is 11.1 Å². The summed E-state index contributed by atoms with van der Waals surface area (Å²) in [6, 6.07) is 17.7. The molecule has 0 aliphatic heterocycles. The van der Waals surface area contributed by atoms with Crippen LogP contribution in [0.2, 0.25) is 0 Å². The molecule has 0 aliphatic rings. The van der Waals surface area contributed by atoms with Gasteiger partial charge in [0.25, 0.3) is 0 Å². The van der Waals surface area contributed by atoms with Gasteiger partial charge in [-0.3, -0.25) is 0 Å². The lowest BCUT2D eigenvalue weighted by Gasteiger charge is -2.15. The molecule has 0 radical (unpaired) electrons. The summed E-state index contributed by atoms with van der Waals surface area (Å²) in [4.78, 5) is 0. The molecule has 2 heteroatoms. The Labute approximate surface area is 129 Å². The third kappa shape index (κ3) is 2.32. The molecule has 0 amide bonds. The fourth-order valence-corrected chi connectivity index (χ4v) is 4.11. The fraction of sp³-hybridized carbons (Fsp3) is 0.222. The average Bonchev–Trinajstić information content (AvgIpc) is 2.50. The second kappa shape index (κ2) is 6.11. The molecule has 0 spiro atoms. The Balaban J connectivity index is 2.47. The van der Waals surface area contributed by atoms with Crippen molar-refractivity contribution in [3.63, 3.8) is 0 Å². The van der Waals surface area contributed by atoms with Gasteiger partial charge in [0.05, 0.1) is 0 Å². The molecule has 0 bridgehead atoms. The van der Waals surface area contributed by atoms with Crippen LogP contribution in [0.3, 0.4) is 0 Å². The quantitative estimate of drug-likeness (QED) is 0.565. The van der Waals surface area contributed by atoms with E-state index >= 15 is 0 Å².